The Morgan fingerprint density at radius 3 is 2.50 bits per heavy atom. The van der Waals surface area contributed by atoms with Gasteiger partial charge in [-0.15, -0.1) is 0 Å². The van der Waals surface area contributed by atoms with Gasteiger partial charge in [-0.25, -0.2) is 0 Å². The van der Waals surface area contributed by atoms with E-state index in [2.05, 4.69) is 15.5 Å². The van der Waals surface area contributed by atoms with Crippen LogP contribution in [0.4, 0.5) is 5.69 Å². The second kappa shape index (κ2) is 7.79. The molecule has 24 heavy (non-hydrogen) atoms. The van der Waals surface area contributed by atoms with Gasteiger partial charge in [-0.1, -0.05) is 54.1 Å². The van der Waals surface area contributed by atoms with Crippen molar-refractivity contribution in [3.05, 3.63) is 27.2 Å². The number of carbonyl (C=O) groups excluding carboxylic acids is 1. The van der Waals surface area contributed by atoms with Gasteiger partial charge in [-0.05, 0) is 25.0 Å². The minimum atomic E-state index is -0.0898. The Balaban J connectivity index is 1.69. The number of halogens is 3. The molecule has 132 valence electrons. The summed E-state index contributed by atoms with van der Waals surface area (Å²) in [6.07, 6.45) is 6.05. The number of anilines is 1. The molecule has 0 unspecified atom stereocenters. The van der Waals surface area contributed by atoms with Crippen molar-refractivity contribution < 1.29 is 4.79 Å². The monoisotopic (exact) mass is 389 g/mol. The second-order valence-corrected chi connectivity index (χ2v) is 7.93. The van der Waals surface area contributed by atoms with Crippen molar-refractivity contribution in [2.45, 2.75) is 37.6 Å². The van der Waals surface area contributed by atoms with Crippen LogP contribution >= 0.6 is 34.8 Å². The summed E-state index contributed by atoms with van der Waals surface area (Å²) in [5, 5.41) is 7.50. The van der Waals surface area contributed by atoms with Crippen LogP contribution in [-0.4, -0.2) is 42.5 Å². The van der Waals surface area contributed by atoms with Crippen LogP contribution in [-0.2, 0) is 4.79 Å². The first-order valence-corrected chi connectivity index (χ1v) is 9.54. The molecule has 1 aromatic carbocycles. The Labute approximate surface area is 157 Å². The summed E-state index contributed by atoms with van der Waals surface area (Å²) in [5.41, 5.74) is 0.544. The Kier molecular flexibility index (Phi) is 5.94. The zero-order valence-electron chi connectivity index (χ0n) is 13.5. The van der Waals surface area contributed by atoms with Crippen molar-refractivity contribution in [2.24, 2.45) is 0 Å². The van der Waals surface area contributed by atoms with E-state index in [9.17, 15) is 4.79 Å². The molecule has 2 aliphatic rings. The number of benzene rings is 1. The molecular formula is C17H22Cl3N3O. The highest BCUT2D eigenvalue weighted by atomic mass is 35.5. The molecule has 1 heterocycles. The van der Waals surface area contributed by atoms with Crippen LogP contribution in [0.2, 0.25) is 15.1 Å². The summed E-state index contributed by atoms with van der Waals surface area (Å²) in [6.45, 7) is 3.12. The molecule has 3 rings (SSSR count). The summed E-state index contributed by atoms with van der Waals surface area (Å²) in [4.78, 5) is 14.9. The maximum atomic E-state index is 12.6. The third-order valence-electron chi connectivity index (χ3n) is 5.07. The van der Waals surface area contributed by atoms with Gasteiger partial charge < -0.3 is 10.6 Å². The average molecular weight is 391 g/mol. The predicted molar refractivity (Wildman–Crippen MR) is 100 cm³/mol. The Morgan fingerprint density at radius 1 is 1.17 bits per heavy atom. The quantitative estimate of drug-likeness (QED) is 0.813. The summed E-state index contributed by atoms with van der Waals surface area (Å²) in [7, 11) is 0. The van der Waals surface area contributed by atoms with Gasteiger partial charge in [0.15, 0.2) is 0 Å². The number of piperazine rings is 1. The average Bonchev–Trinajstić information content (AvgIpc) is 2.54. The third kappa shape index (κ3) is 4.00. The SMILES string of the molecule is O=C(CN1CCNCC12CCCCC2)Nc1c(Cl)cc(Cl)cc1Cl. The maximum absolute atomic E-state index is 12.6. The number of hydrogen-bond donors (Lipinski definition) is 2. The number of hydrogen-bond acceptors (Lipinski definition) is 3. The first-order chi connectivity index (χ1) is 11.5. The van der Waals surface area contributed by atoms with E-state index in [1.54, 1.807) is 12.1 Å². The van der Waals surface area contributed by atoms with Crippen molar-refractivity contribution >= 4 is 46.4 Å². The second-order valence-electron chi connectivity index (χ2n) is 6.68. The summed E-state index contributed by atoms with van der Waals surface area (Å²) in [6, 6.07) is 3.16. The van der Waals surface area contributed by atoms with Crippen LogP contribution in [0, 0.1) is 0 Å². The van der Waals surface area contributed by atoms with E-state index in [0.29, 0.717) is 27.3 Å². The normalized spacial score (nSPS) is 21.0. The standard InChI is InChI=1S/C17H22Cl3N3O/c18-12-8-13(19)16(14(20)9-12)22-15(24)10-23-7-6-21-11-17(23)4-2-1-3-5-17/h8-9,21H,1-7,10-11H2,(H,22,24). The van der Waals surface area contributed by atoms with Gasteiger partial charge >= 0.3 is 0 Å². The first-order valence-electron chi connectivity index (χ1n) is 8.40. The van der Waals surface area contributed by atoms with E-state index in [-0.39, 0.29) is 11.4 Å². The van der Waals surface area contributed by atoms with E-state index in [4.69, 9.17) is 34.8 Å². The Morgan fingerprint density at radius 2 is 1.83 bits per heavy atom. The molecule has 0 bridgehead atoms. The molecule has 1 aromatic rings. The molecule has 0 aromatic heterocycles. The molecular weight excluding hydrogens is 369 g/mol. The molecule has 1 spiro atoms. The van der Waals surface area contributed by atoms with E-state index in [1.807, 2.05) is 0 Å². The minimum Gasteiger partial charge on any atom is -0.322 e. The molecule has 1 aliphatic heterocycles. The van der Waals surface area contributed by atoms with Crippen molar-refractivity contribution in [2.75, 3.05) is 31.5 Å². The highest BCUT2D eigenvalue weighted by Crippen LogP contribution is 2.36. The molecule has 1 saturated heterocycles. The summed E-state index contributed by atoms with van der Waals surface area (Å²) < 4.78 is 0. The predicted octanol–water partition coefficient (Wildman–Crippen LogP) is 4.19. The number of nitrogens with one attached hydrogen (secondary N) is 2. The van der Waals surface area contributed by atoms with E-state index in [0.717, 1.165) is 32.5 Å². The lowest BCUT2D eigenvalue weighted by atomic mass is 9.79. The molecule has 2 fully saturated rings. The van der Waals surface area contributed by atoms with Crippen molar-refractivity contribution in [3.8, 4) is 0 Å². The lowest BCUT2D eigenvalue weighted by Gasteiger charge is -2.49. The van der Waals surface area contributed by atoms with Gasteiger partial charge in [0, 0.05) is 30.2 Å². The fourth-order valence-corrected chi connectivity index (χ4v) is 4.76. The van der Waals surface area contributed by atoms with E-state index in [1.165, 1.54) is 19.3 Å². The van der Waals surface area contributed by atoms with Crippen molar-refractivity contribution in [1.29, 1.82) is 0 Å². The van der Waals surface area contributed by atoms with Gasteiger partial charge in [-0.2, -0.15) is 0 Å². The number of carbonyl (C=O) groups is 1. The Bertz CT molecular complexity index is 586. The van der Waals surface area contributed by atoms with Crippen LogP contribution in [0.5, 0.6) is 0 Å². The molecule has 2 N–H and O–H groups in total. The largest absolute Gasteiger partial charge is 0.322 e. The zero-order valence-corrected chi connectivity index (χ0v) is 15.8. The molecule has 1 saturated carbocycles. The summed E-state index contributed by atoms with van der Waals surface area (Å²) >= 11 is 18.2. The zero-order chi connectivity index (χ0) is 17.2. The number of rotatable bonds is 3. The molecule has 1 aliphatic carbocycles. The molecule has 1 amide bonds. The molecule has 0 atom stereocenters. The van der Waals surface area contributed by atoms with E-state index >= 15 is 0 Å². The Hall–Kier alpha value is -0.520. The van der Waals surface area contributed by atoms with Gasteiger partial charge in [0.05, 0.1) is 22.3 Å². The van der Waals surface area contributed by atoms with E-state index < -0.39 is 0 Å². The fraction of sp³-hybridized carbons (Fsp3) is 0.588. The minimum absolute atomic E-state index is 0.0898. The van der Waals surface area contributed by atoms with Gasteiger partial charge in [0.1, 0.15) is 0 Å². The van der Waals surface area contributed by atoms with Crippen LogP contribution in [0.3, 0.4) is 0 Å². The lowest BCUT2D eigenvalue weighted by Crippen LogP contribution is -2.63. The smallest absolute Gasteiger partial charge is 0.238 e. The number of amides is 1. The van der Waals surface area contributed by atoms with Crippen LogP contribution < -0.4 is 10.6 Å². The fourth-order valence-electron chi connectivity index (χ4n) is 3.85. The third-order valence-corrected chi connectivity index (χ3v) is 5.89. The molecule has 4 nitrogen and oxygen atoms in total. The molecule has 0 radical (unpaired) electrons. The van der Waals surface area contributed by atoms with Crippen molar-refractivity contribution in [3.63, 3.8) is 0 Å². The maximum Gasteiger partial charge on any atom is 0.238 e. The van der Waals surface area contributed by atoms with Crippen LogP contribution in [0.25, 0.3) is 0 Å². The first kappa shape index (κ1) is 18.3. The lowest BCUT2D eigenvalue weighted by molar-refractivity contribution is -0.120. The van der Waals surface area contributed by atoms with Gasteiger partial charge in [0.25, 0.3) is 0 Å². The highest BCUT2D eigenvalue weighted by molar-refractivity contribution is 6.42. The van der Waals surface area contributed by atoms with Gasteiger partial charge in [-0.3, -0.25) is 9.69 Å². The van der Waals surface area contributed by atoms with Crippen LogP contribution in [0.15, 0.2) is 12.1 Å². The summed E-state index contributed by atoms with van der Waals surface area (Å²) in [5.74, 6) is -0.0898. The van der Waals surface area contributed by atoms with Gasteiger partial charge in [0.2, 0.25) is 5.91 Å². The highest BCUT2D eigenvalue weighted by Gasteiger charge is 2.40. The van der Waals surface area contributed by atoms with Crippen LogP contribution in [0.1, 0.15) is 32.1 Å². The molecule has 7 heteroatoms. The van der Waals surface area contributed by atoms with Crippen molar-refractivity contribution in [1.82, 2.24) is 10.2 Å². The topological polar surface area (TPSA) is 44.4 Å². The number of nitrogens with zero attached hydrogens (tertiary/aromatic N) is 1.